The molecule has 0 atom stereocenters. The molecule has 0 bridgehead atoms. The Kier molecular flexibility index (Phi) is 3.55. The van der Waals surface area contributed by atoms with E-state index in [2.05, 4.69) is 32.3 Å². The third-order valence-corrected chi connectivity index (χ3v) is 2.58. The summed E-state index contributed by atoms with van der Waals surface area (Å²) >= 11 is 0. The van der Waals surface area contributed by atoms with E-state index in [1.54, 1.807) is 4.68 Å². The fraction of sp³-hybridized carbons (Fsp3) is 0.500. The highest BCUT2D eigenvalue weighted by Gasteiger charge is 2.09. The molecule has 0 saturated heterocycles. The lowest BCUT2D eigenvalue weighted by molar-refractivity contribution is 0.765. The molecule has 2 aromatic heterocycles. The number of aromatic nitrogens is 5. The molecule has 2 rings (SSSR count). The summed E-state index contributed by atoms with van der Waals surface area (Å²) in [7, 11) is 1.85. The van der Waals surface area contributed by atoms with Crippen LogP contribution >= 0.6 is 0 Å². The molecule has 0 fully saturated rings. The topological polar surface area (TPSA) is 68.5 Å². The highest BCUT2D eigenvalue weighted by atomic mass is 15.4. The van der Waals surface area contributed by atoms with Crippen LogP contribution in [0.5, 0.6) is 0 Å². The van der Waals surface area contributed by atoms with Gasteiger partial charge in [0.15, 0.2) is 5.82 Å². The van der Waals surface area contributed by atoms with Crippen LogP contribution in [0.1, 0.15) is 30.8 Å². The van der Waals surface area contributed by atoms with E-state index in [1.807, 2.05) is 27.0 Å². The molecule has 2 aromatic rings. The number of rotatable bonds is 4. The molecule has 18 heavy (non-hydrogen) atoms. The Morgan fingerprint density at radius 1 is 1.22 bits per heavy atom. The van der Waals surface area contributed by atoms with Gasteiger partial charge in [-0.05, 0) is 20.3 Å². The molecule has 0 spiro atoms. The first-order valence-corrected chi connectivity index (χ1v) is 6.10. The highest BCUT2D eigenvalue weighted by molar-refractivity contribution is 5.41. The molecule has 0 aliphatic carbocycles. The van der Waals surface area contributed by atoms with Crippen LogP contribution in [0.4, 0.5) is 5.82 Å². The van der Waals surface area contributed by atoms with Gasteiger partial charge in [-0.15, -0.1) is 5.10 Å². The van der Waals surface area contributed by atoms with Crippen LogP contribution in [0.2, 0.25) is 0 Å². The van der Waals surface area contributed by atoms with Crippen molar-refractivity contribution in [3.05, 3.63) is 23.5 Å². The molecule has 0 unspecified atom stereocenters. The summed E-state index contributed by atoms with van der Waals surface area (Å²) < 4.78 is 1.75. The Labute approximate surface area is 106 Å². The normalized spacial score (nSPS) is 10.7. The van der Waals surface area contributed by atoms with Crippen LogP contribution in [0.15, 0.2) is 6.07 Å². The summed E-state index contributed by atoms with van der Waals surface area (Å²) in [6, 6.07) is 1.88. The Balaban J connectivity index is 2.49. The standard InChI is InChI=1S/C12H18N6/c1-5-6-10-15-11(13-4)7-12(16-10)18-9(3)14-8(2)17-18/h7H,5-6H2,1-4H3,(H,13,15,16). The SMILES string of the molecule is CCCc1nc(NC)cc(-n2nc(C)nc2C)n1. The summed E-state index contributed by atoms with van der Waals surface area (Å²) in [5.74, 6) is 3.96. The zero-order valence-electron chi connectivity index (χ0n) is 11.2. The van der Waals surface area contributed by atoms with Crippen LogP contribution in [0.3, 0.4) is 0 Å². The average molecular weight is 246 g/mol. The first-order valence-electron chi connectivity index (χ1n) is 6.10. The van der Waals surface area contributed by atoms with Gasteiger partial charge >= 0.3 is 0 Å². The average Bonchev–Trinajstić information content (AvgIpc) is 2.68. The van der Waals surface area contributed by atoms with Crippen molar-refractivity contribution in [2.45, 2.75) is 33.6 Å². The van der Waals surface area contributed by atoms with Crippen LogP contribution in [0.25, 0.3) is 5.82 Å². The zero-order chi connectivity index (χ0) is 13.1. The maximum Gasteiger partial charge on any atom is 0.161 e. The molecule has 2 heterocycles. The van der Waals surface area contributed by atoms with Crippen molar-refractivity contribution in [1.29, 1.82) is 0 Å². The summed E-state index contributed by atoms with van der Waals surface area (Å²) in [5, 5.41) is 7.39. The minimum absolute atomic E-state index is 0.745. The largest absolute Gasteiger partial charge is 0.373 e. The maximum atomic E-state index is 4.52. The van der Waals surface area contributed by atoms with Gasteiger partial charge in [0, 0.05) is 19.5 Å². The quantitative estimate of drug-likeness (QED) is 0.888. The lowest BCUT2D eigenvalue weighted by Crippen LogP contribution is -2.08. The van der Waals surface area contributed by atoms with Crippen molar-refractivity contribution >= 4 is 5.82 Å². The van der Waals surface area contributed by atoms with E-state index in [4.69, 9.17) is 0 Å². The molecular weight excluding hydrogens is 228 g/mol. The third-order valence-electron chi connectivity index (χ3n) is 2.58. The minimum atomic E-state index is 0.745. The number of anilines is 1. The zero-order valence-corrected chi connectivity index (χ0v) is 11.2. The van der Waals surface area contributed by atoms with E-state index in [-0.39, 0.29) is 0 Å². The molecule has 6 heteroatoms. The Bertz CT molecular complexity index is 545. The van der Waals surface area contributed by atoms with Crippen LogP contribution in [0, 0.1) is 13.8 Å². The van der Waals surface area contributed by atoms with Gasteiger partial charge in [-0.2, -0.15) is 4.68 Å². The number of aryl methyl sites for hydroxylation is 3. The molecule has 0 radical (unpaired) electrons. The Hall–Kier alpha value is -1.98. The van der Waals surface area contributed by atoms with Gasteiger partial charge in [0.05, 0.1) is 0 Å². The summed E-state index contributed by atoms with van der Waals surface area (Å²) in [5.41, 5.74) is 0. The van der Waals surface area contributed by atoms with Gasteiger partial charge in [-0.1, -0.05) is 6.92 Å². The highest BCUT2D eigenvalue weighted by Crippen LogP contribution is 2.12. The van der Waals surface area contributed by atoms with Gasteiger partial charge in [0.2, 0.25) is 0 Å². The summed E-state index contributed by atoms with van der Waals surface area (Å²) in [6.07, 6.45) is 1.87. The number of hydrogen-bond donors (Lipinski definition) is 1. The van der Waals surface area contributed by atoms with Gasteiger partial charge in [-0.3, -0.25) is 0 Å². The number of hydrogen-bond acceptors (Lipinski definition) is 5. The molecule has 6 nitrogen and oxygen atoms in total. The van der Waals surface area contributed by atoms with E-state index in [9.17, 15) is 0 Å². The lowest BCUT2D eigenvalue weighted by Gasteiger charge is -2.07. The molecule has 0 aliphatic heterocycles. The fourth-order valence-corrected chi connectivity index (χ4v) is 1.79. The van der Waals surface area contributed by atoms with Crippen LogP contribution in [-0.4, -0.2) is 31.8 Å². The minimum Gasteiger partial charge on any atom is -0.373 e. The predicted octanol–water partition coefficient (Wildman–Crippen LogP) is 1.67. The second-order valence-corrected chi connectivity index (χ2v) is 4.15. The number of nitrogens with one attached hydrogen (secondary N) is 1. The van der Waals surface area contributed by atoms with Gasteiger partial charge in [-0.25, -0.2) is 15.0 Å². The van der Waals surface area contributed by atoms with E-state index >= 15 is 0 Å². The molecule has 1 N–H and O–H groups in total. The second-order valence-electron chi connectivity index (χ2n) is 4.15. The Morgan fingerprint density at radius 2 is 2.00 bits per heavy atom. The van der Waals surface area contributed by atoms with E-state index in [1.165, 1.54) is 0 Å². The predicted molar refractivity (Wildman–Crippen MR) is 70.0 cm³/mol. The first-order chi connectivity index (χ1) is 8.63. The van der Waals surface area contributed by atoms with Crippen molar-refractivity contribution in [3.63, 3.8) is 0 Å². The van der Waals surface area contributed by atoms with Crippen LogP contribution < -0.4 is 5.32 Å². The molecule has 0 saturated carbocycles. The second kappa shape index (κ2) is 5.12. The third kappa shape index (κ3) is 2.47. The molecule has 96 valence electrons. The molecule has 0 aromatic carbocycles. The fourth-order valence-electron chi connectivity index (χ4n) is 1.79. The van der Waals surface area contributed by atoms with Crippen molar-refractivity contribution in [2.24, 2.45) is 0 Å². The van der Waals surface area contributed by atoms with Gasteiger partial charge in [0.1, 0.15) is 23.3 Å². The van der Waals surface area contributed by atoms with Gasteiger partial charge < -0.3 is 5.32 Å². The first kappa shape index (κ1) is 12.5. The van der Waals surface area contributed by atoms with Crippen molar-refractivity contribution in [2.75, 3.05) is 12.4 Å². The smallest absolute Gasteiger partial charge is 0.161 e. The maximum absolute atomic E-state index is 4.52. The number of nitrogens with zero attached hydrogens (tertiary/aromatic N) is 5. The summed E-state index contributed by atoms with van der Waals surface area (Å²) in [4.78, 5) is 13.2. The van der Waals surface area contributed by atoms with Crippen molar-refractivity contribution in [1.82, 2.24) is 24.7 Å². The monoisotopic (exact) mass is 246 g/mol. The van der Waals surface area contributed by atoms with Crippen LogP contribution in [-0.2, 0) is 6.42 Å². The van der Waals surface area contributed by atoms with Crippen molar-refractivity contribution in [3.8, 4) is 5.82 Å². The van der Waals surface area contributed by atoms with Crippen molar-refractivity contribution < 1.29 is 0 Å². The molecular formula is C12H18N6. The Morgan fingerprint density at radius 3 is 2.56 bits per heavy atom. The molecule has 0 aliphatic rings. The van der Waals surface area contributed by atoms with E-state index in [0.717, 1.165) is 42.0 Å². The van der Waals surface area contributed by atoms with E-state index < -0.39 is 0 Å². The summed E-state index contributed by atoms with van der Waals surface area (Å²) in [6.45, 7) is 5.90. The lowest BCUT2D eigenvalue weighted by atomic mass is 10.3. The van der Waals surface area contributed by atoms with E-state index in [0.29, 0.717) is 0 Å². The van der Waals surface area contributed by atoms with Gasteiger partial charge in [0.25, 0.3) is 0 Å². The molecule has 0 amide bonds.